The van der Waals surface area contributed by atoms with E-state index in [1.54, 1.807) is 0 Å². The lowest BCUT2D eigenvalue weighted by molar-refractivity contribution is 0.133. The molecule has 2 nitrogen and oxygen atoms in total. The average molecular weight is 283 g/mol. The minimum absolute atomic E-state index is 0. The van der Waals surface area contributed by atoms with Crippen molar-refractivity contribution >= 4 is 12.4 Å². The molecule has 1 fully saturated rings. The Morgan fingerprint density at radius 1 is 1.21 bits per heavy atom. The van der Waals surface area contributed by atoms with Gasteiger partial charge in [-0.1, -0.05) is 37.6 Å². The van der Waals surface area contributed by atoms with E-state index in [0.717, 1.165) is 25.9 Å². The predicted octanol–water partition coefficient (Wildman–Crippen LogP) is 3.37. The van der Waals surface area contributed by atoms with Crippen molar-refractivity contribution in [1.29, 1.82) is 0 Å². The third-order valence-corrected chi connectivity index (χ3v) is 4.12. The largest absolute Gasteiger partial charge is 0.330 e. The average Bonchev–Trinajstić information content (AvgIpc) is 2.42. The van der Waals surface area contributed by atoms with E-state index >= 15 is 0 Å². The number of likely N-dealkylation sites (tertiary alicyclic amines) is 1. The molecule has 1 saturated heterocycles. The van der Waals surface area contributed by atoms with Crippen LogP contribution in [0.15, 0.2) is 24.3 Å². The first-order valence-corrected chi connectivity index (χ1v) is 7.36. The molecule has 0 aliphatic carbocycles. The summed E-state index contributed by atoms with van der Waals surface area (Å²) < 4.78 is 0. The van der Waals surface area contributed by atoms with Crippen molar-refractivity contribution in [3.63, 3.8) is 0 Å². The van der Waals surface area contributed by atoms with Gasteiger partial charge in [0, 0.05) is 12.6 Å². The van der Waals surface area contributed by atoms with Gasteiger partial charge in [-0.25, -0.2) is 0 Å². The summed E-state index contributed by atoms with van der Waals surface area (Å²) in [5.74, 6) is 0. The molecular weight excluding hydrogens is 256 g/mol. The van der Waals surface area contributed by atoms with Gasteiger partial charge in [-0.05, 0) is 49.9 Å². The van der Waals surface area contributed by atoms with Gasteiger partial charge in [0.1, 0.15) is 0 Å². The smallest absolute Gasteiger partial charge is 0.0239 e. The molecule has 0 bridgehead atoms. The van der Waals surface area contributed by atoms with E-state index in [1.165, 1.54) is 36.9 Å². The normalized spacial score (nSPS) is 20.0. The molecule has 1 heterocycles. The highest BCUT2D eigenvalue weighted by Gasteiger charge is 2.21. The molecule has 0 aromatic heterocycles. The van der Waals surface area contributed by atoms with Crippen LogP contribution >= 0.6 is 12.4 Å². The minimum Gasteiger partial charge on any atom is -0.330 e. The van der Waals surface area contributed by atoms with Gasteiger partial charge in [-0.3, -0.25) is 4.90 Å². The number of rotatable bonds is 5. The van der Waals surface area contributed by atoms with Crippen LogP contribution in [0.4, 0.5) is 0 Å². The van der Waals surface area contributed by atoms with Gasteiger partial charge >= 0.3 is 0 Å². The van der Waals surface area contributed by atoms with Crippen molar-refractivity contribution in [3.8, 4) is 0 Å². The van der Waals surface area contributed by atoms with E-state index in [2.05, 4.69) is 36.1 Å². The Kier molecular flexibility index (Phi) is 7.44. The fraction of sp³-hybridized carbons (Fsp3) is 0.625. The third-order valence-electron chi connectivity index (χ3n) is 4.12. The quantitative estimate of drug-likeness (QED) is 0.897. The Hall–Kier alpha value is -0.570. The molecule has 0 saturated carbocycles. The fourth-order valence-corrected chi connectivity index (χ4v) is 3.06. The van der Waals surface area contributed by atoms with Crippen molar-refractivity contribution in [3.05, 3.63) is 35.4 Å². The Bertz CT molecular complexity index is 366. The van der Waals surface area contributed by atoms with Gasteiger partial charge in [0.15, 0.2) is 0 Å². The number of aryl methyl sites for hydroxylation is 1. The maximum absolute atomic E-state index is 5.74. The van der Waals surface area contributed by atoms with Crippen LogP contribution < -0.4 is 5.73 Å². The number of benzene rings is 1. The molecule has 1 aliphatic rings. The second kappa shape index (κ2) is 8.57. The second-order valence-electron chi connectivity index (χ2n) is 5.32. The lowest BCUT2D eigenvalue weighted by atomic mass is 9.97. The van der Waals surface area contributed by atoms with E-state index in [-0.39, 0.29) is 12.4 Å². The molecule has 0 radical (unpaired) electrons. The molecule has 1 unspecified atom stereocenters. The van der Waals surface area contributed by atoms with E-state index in [4.69, 9.17) is 5.73 Å². The zero-order valence-electron chi connectivity index (χ0n) is 12.0. The first-order chi connectivity index (χ1) is 8.85. The maximum Gasteiger partial charge on any atom is 0.0239 e. The summed E-state index contributed by atoms with van der Waals surface area (Å²) in [6.45, 7) is 5.40. The lowest BCUT2D eigenvalue weighted by Crippen LogP contribution is -2.40. The fourth-order valence-electron chi connectivity index (χ4n) is 3.06. The summed E-state index contributed by atoms with van der Waals surface area (Å²) >= 11 is 0. The third kappa shape index (κ3) is 4.48. The van der Waals surface area contributed by atoms with Gasteiger partial charge in [0.25, 0.3) is 0 Å². The van der Waals surface area contributed by atoms with Crippen molar-refractivity contribution in [2.45, 2.75) is 51.6 Å². The van der Waals surface area contributed by atoms with Gasteiger partial charge in [0.2, 0.25) is 0 Å². The number of nitrogens with zero attached hydrogens (tertiary/aromatic N) is 1. The molecule has 1 aliphatic heterocycles. The van der Waals surface area contributed by atoms with Crippen molar-refractivity contribution < 1.29 is 0 Å². The van der Waals surface area contributed by atoms with Crippen molar-refractivity contribution in [2.24, 2.45) is 5.73 Å². The molecule has 1 atom stereocenters. The summed E-state index contributed by atoms with van der Waals surface area (Å²) in [6, 6.07) is 9.56. The highest BCUT2D eigenvalue weighted by Crippen LogP contribution is 2.23. The minimum atomic E-state index is 0. The van der Waals surface area contributed by atoms with Crippen molar-refractivity contribution in [1.82, 2.24) is 4.90 Å². The van der Waals surface area contributed by atoms with E-state index in [1.807, 2.05) is 0 Å². The first-order valence-electron chi connectivity index (χ1n) is 7.36. The van der Waals surface area contributed by atoms with Gasteiger partial charge < -0.3 is 5.73 Å². The highest BCUT2D eigenvalue weighted by atomic mass is 35.5. The Morgan fingerprint density at radius 2 is 1.95 bits per heavy atom. The van der Waals surface area contributed by atoms with Gasteiger partial charge in [-0.15, -0.1) is 12.4 Å². The number of halogens is 1. The topological polar surface area (TPSA) is 29.3 Å². The Labute approximate surface area is 123 Å². The summed E-state index contributed by atoms with van der Waals surface area (Å²) in [4.78, 5) is 2.64. The Balaban J connectivity index is 0.00000180. The maximum atomic E-state index is 5.74. The number of nitrogens with two attached hydrogens (primary N) is 1. The molecule has 2 N–H and O–H groups in total. The van der Waals surface area contributed by atoms with E-state index < -0.39 is 0 Å². The van der Waals surface area contributed by atoms with Crippen LogP contribution in [0.5, 0.6) is 0 Å². The van der Waals surface area contributed by atoms with Crippen LogP contribution in [0.1, 0.15) is 43.7 Å². The first kappa shape index (κ1) is 16.5. The molecule has 3 heteroatoms. The van der Waals surface area contributed by atoms with Crippen LogP contribution in [0.3, 0.4) is 0 Å². The number of hydrogen-bond acceptors (Lipinski definition) is 2. The standard InChI is InChI=1S/C16H26N2.ClH/c1-2-14-7-3-4-8-15(14)13-18-12-6-5-9-16(18)10-11-17;/h3-4,7-8,16H,2,5-6,9-13,17H2,1H3;1H. The lowest BCUT2D eigenvalue weighted by Gasteiger charge is -2.36. The summed E-state index contributed by atoms with van der Waals surface area (Å²) in [6.07, 6.45) is 6.32. The Morgan fingerprint density at radius 3 is 2.63 bits per heavy atom. The molecule has 1 aromatic rings. The van der Waals surface area contributed by atoms with Crippen LogP contribution in [-0.2, 0) is 13.0 Å². The molecule has 0 amide bonds. The van der Waals surface area contributed by atoms with Crippen LogP contribution in [0.25, 0.3) is 0 Å². The van der Waals surface area contributed by atoms with Gasteiger partial charge in [-0.2, -0.15) is 0 Å². The van der Waals surface area contributed by atoms with Gasteiger partial charge in [0.05, 0.1) is 0 Å². The van der Waals surface area contributed by atoms with Crippen LogP contribution in [0.2, 0.25) is 0 Å². The number of piperidine rings is 1. The molecular formula is C16H27ClN2. The van der Waals surface area contributed by atoms with E-state index in [0.29, 0.717) is 6.04 Å². The molecule has 19 heavy (non-hydrogen) atoms. The van der Waals surface area contributed by atoms with Crippen molar-refractivity contribution in [2.75, 3.05) is 13.1 Å². The molecule has 2 rings (SSSR count). The monoisotopic (exact) mass is 282 g/mol. The number of hydrogen-bond donors (Lipinski definition) is 1. The summed E-state index contributed by atoms with van der Waals surface area (Å²) in [5.41, 5.74) is 8.74. The SMILES string of the molecule is CCc1ccccc1CN1CCCCC1CCN.Cl. The zero-order chi connectivity index (χ0) is 12.8. The highest BCUT2D eigenvalue weighted by molar-refractivity contribution is 5.85. The van der Waals surface area contributed by atoms with E-state index in [9.17, 15) is 0 Å². The van der Waals surface area contributed by atoms with Crippen LogP contribution in [0, 0.1) is 0 Å². The molecule has 0 spiro atoms. The molecule has 108 valence electrons. The predicted molar refractivity (Wildman–Crippen MR) is 84.8 cm³/mol. The summed E-state index contributed by atoms with van der Waals surface area (Å²) in [5, 5.41) is 0. The molecule has 1 aromatic carbocycles. The zero-order valence-corrected chi connectivity index (χ0v) is 12.8. The second-order valence-corrected chi connectivity index (χ2v) is 5.32. The van der Waals surface area contributed by atoms with Crippen LogP contribution in [-0.4, -0.2) is 24.0 Å². The summed E-state index contributed by atoms with van der Waals surface area (Å²) in [7, 11) is 0.